The Morgan fingerprint density at radius 1 is 0.880 bits per heavy atom. The molecule has 122 valence electrons. The lowest BCUT2D eigenvalue weighted by Gasteiger charge is -2.07. The van der Waals surface area contributed by atoms with Gasteiger partial charge in [-0.3, -0.25) is 0 Å². The molecule has 0 heterocycles. The van der Waals surface area contributed by atoms with Crippen molar-refractivity contribution in [3.8, 4) is 17.6 Å². The summed E-state index contributed by atoms with van der Waals surface area (Å²) in [4.78, 5) is 12.1. The Morgan fingerprint density at radius 3 is 2.32 bits per heavy atom. The summed E-state index contributed by atoms with van der Waals surface area (Å²) in [6.45, 7) is 0.122. The summed E-state index contributed by atoms with van der Waals surface area (Å²) in [5.41, 5.74) is 1.75. The molecule has 4 nitrogen and oxygen atoms in total. The van der Waals surface area contributed by atoms with E-state index in [-0.39, 0.29) is 6.61 Å². The number of carbonyl (C=O) groups is 1. The predicted octanol–water partition coefficient (Wildman–Crippen LogP) is 4.71. The fourth-order valence-corrected chi connectivity index (χ4v) is 2.25. The summed E-state index contributed by atoms with van der Waals surface area (Å²) in [5, 5.41) is 8.88. The zero-order valence-electron chi connectivity index (χ0n) is 13.4. The lowest BCUT2D eigenvalue weighted by atomic mass is 10.1. The molecular weight excluding hydrogens is 314 g/mol. The molecule has 0 aliphatic heterocycles. The largest absolute Gasteiger partial charge is 0.457 e. The summed E-state index contributed by atoms with van der Waals surface area (Å²) < 4.78 is 11.0. The van der Waals surface area contributed by atoms with Gasteiger partial charge in [0.1, 0.15) is 18.1 Å². The molecule has 0 fully saturated rings. The zero-order chi connectivity index (χ0) is 17.5. The number of nitrogens with zero attached hydrogens (tertiary/aromatic N) is 1. The van der Waals surface area contributed by atoms with Crippen LogP contribution in [0, 0.1) is 11.3 Å². The topological polar surface area (TPSA) is 59.3 Å². The van der Waals surface area contributed by atoms with Crippen molar-refractivity contribution < 1.29 is 14.3 Å². The Labute approximate surface area is 145 Å². The molecule has 25 heavy (non-hydrogen) atoms. The first-order chi connectivity index (χ1) is 12.2. The maximum absolute atomic E-state index is 12.1. The summed E-state index contributed by atoms with van der Waals surface area (Å²) in [6.07, 6.45) is 0. The molecule has 0 N–H and O–H groups in total. The smallest absolute Gasteiger partial charge is 0.338 e. The van der Waals surface area contributed by atoms with Crippen molar-refractivity contribution in [1.82, 2.24) is 0 Å². The van der Waals surface area contributed by atoms with Crippen LogP contribution in [0.5, 0.6) is 11.5 Å². The Morgan fingerprint density at radius 2 is 1.60 bits per heavy atom. The Hall–Kier alpha value is -3.58. The van der Waals surface area contributed by atoms with Crippen molar-refractivity contribution in [2.75, 3.05) is 0 Å². The summed E-state index contributed by atoms with van der Waals surface area (Å²) in [5.74, 6) is 0.952. The number of rotatable bonds is 5. The minimum atomic E-state index is -0.423. The Bertz CT molecular complexity index is 896. The molecule has 0 spiro atoms. The van der Waals surface area contributed by atoms with E-state index in [9.17, 15) is 4.79 Å². The zero-order valence-corrected chi connectivity index (χ0v) is 13.4. The maximum atomic E-state index is 12.1. The first kappa shape index (κ1) is 16.3. The Kier molecular flexibility index (Phi) is 5.08. The molecule has 0 amide bonds. The van der Waals surface area contributed by atoms with Gasteiger partial charge in [0.25, 0.3) is 0 Å². The normalized spacial score (nSPS) is 9.88. The molecule has 0 saturated carbocycles. The highest BCUT2D eigenvalue weighted by atomic mass is 16.5. The van der Waals surface area contributed by atoms with E-state index in [0.717, 1.165) is 11.3 Å². The molecular formula is C21H15NO3. The van der Waals surface area contributed by atoms with E-state index in [4.69, 9.17) is 14.7 Å². The molecule has 0 saturated heterocycles. The molecule has 4 heteroatoms. The van der Waals surface area contributed by atoms with E-state index < -0.39 is 5.97 Å². The van der Waals surface area contributed by atoms with E-state index >= 15 is 0 Å². The minimum Gasteiger partial charge on any atom is -0.457 e. The highest BCUT2D eigenvalue weighted by molar-refractivity contribution is 5.89. The third kappa shape index (κ3) is 4.46. The maximum Gasteiger partial charge on any atom is 0.338 e. The first-order valence-electron chi connectivity index (χ1n) is 7.74. The van der Waals surface area contributed by atoms with Crippen LogP contribution in [0.1, 0.15) is 21.5 Å². The fourth-order valence-electron chi connectivity index (χ4n) is 2.25. The molecule has 0 radical (unpaired) electrons. The molecule has 0 aliphatic carbocycles. The summed E-state index contributed by atoms with van der Waals surface area (Å²) in [7, 11) is 0. The van der Waals surface area contributed by atoms with Crippen molar-refractivity contribution in [2.24, 2.45) is 0 Å². The molecule has 3 aromatic carbocycles. The van der Waals surface area contributed by atoms with Crippen molar-refractivity contribution in [2.45, 2.75) is 6.61 Å². The lowest BCUT2D eigenvalue weighted by molar-refractivity contribution is 0.0472. The van der Waals surface area contributed by atoms with Gasteiger partial charge in [0.2, 0.25) is 0 Å². The summed E-state index contributed by atoms with van der Waals surface area (Å²) >= 11 is 0. The average Bonchev–Trinajstić information content (AvgIpc) is 2.67. The molecule has 0 aliphatic rings. The van der Waals surface area contributed by atoms with Crippen LogP contribution in [0.3, 0.4) is 0 Å². The molecule has 0 unspecified atom stereocenters. The van der Waals surface area contributed by atoms with Crippen molar-refractivity contribution >= 4 is 5.97 Å². The van der Waals surface area contributed by atoms with Crippen molar-refractivity contribution in [3.63, 3.8) is 0 Å². The van der Waals surface area contributed by atoms with E-state index in [1.54, 1.807) is 42.5 Å². The van der Waals surface area contributed by atoms with Crippen LogP contribution in [0.4, 0.5) is 0 Å². The van der Waals surface area contributed by atoms with Gasteiger partial charge in [0.05, 0.1) is 17.2 Å². The van der Waals surface area contributed by atoms with Crippen LogP contribution in [0.15, 0.2) is 78.9 Å². The average molecular weight is 329 g/mol. The predicted molar refractivity (Wildman–Crippen MR) is 93.2 cm³/mol. The van der Waals surface area contributed by atoms with E-state index in [2.05, 4.69) is 6.07 Å². The van der Waals surface area contributed by atoms with Crippen LogP contribution in [-0.4, -0.2) is 5.97 Å². The minimum absolute atomic E-state index is 0.122. The van der Waals surface area contributed by atoms with Crippen LogP contribution < -0.4 is 4.74 Å². The lowest BCUT2D eigenvalue weighted by Crippen LogP contribution is -2.05. The molecule has 3 rings (SSSR count). The standard InChI is InChI=1S/C21H15NO3/c22-14-16-5-4-6-17(13-16)15-24-21(23)18-9-11-20(12-10-18)25-19-7-2-1-3-8-19/h1-13H,15H2. The van der Waals surface area contributed by atoms with Crippen molar-refractivity contribution in [1.29, 1.82) is 5.26 Å². The number of nitriles is 1. The van der Waals surface area contributed by atoms with E-state index in [0.29, 0.717) is 16.9 Å². The number of benzene rings is 3. The number of hydrogen-bond acceptors (Lipinski definition) is 4. The SMILES string of the molecule is N#Cc1cccc(COC(=O)c2ccc(Oc3ccccc3)cc2)c1. The third-order valence-corrected chi connectivity index (χ3v) is 3.49. The van der Waals surface area contributed by atoms with Crippen molar-refractivity contribution in [3.05, 3.63) is 95.6 Å². The number of esters is 1. The highest BCUT2D eigenvalue weighted by Crippen LogP contribution is 2.21. The molecule has 0 atom stereocenters. The second-order valence-electron chi connectivity index (χ2n) is 5.33. The molecule has 0 aromatic heterocycles. The number of para-hydroxylation sites is 1. The van der Waals surface area contributed by atoms with E-state index in [1.807, 2.05) is 36.4 Å². The fraction of sp³-hybridized carbons (Fsp3) is 0.0476. The Balaban J connectivity index is 1.60. The van der Waals surface area contributed by atoms with Gasteiger partial charge in [0.15, 0.2) is 0 Å². The molecule has 0 bridgehead atoms. The first-order valence-corrected chi connectivity index (χ1v) is 7.74. The van der Waals surface area contributed by atoms with Crippen LogP contribution >= 0.6 is 0 Å². The van der Waals surface area contributed by atoms with Gasteiger partial charge < -0.3 is 9.47 Å². The monoisotopic (exact) mass is 329 g/mol. The second-order valence-corrected chi connectivity index (χ2v) is 5.33. The van der Waals surface area contributed by atoms with Gasteiger partial charge in [-0.25, -0.2) is 4.79 Å². The van der Waals surface area contributed by atoms with Crippen LogP contribution in [-0.2, 0) is 11.3 Å². The highest BCUT2D eigenvalue weighted by Gasteiger charge is 2.08. The number of hydrogen-bond donors (Lipinski definition) is 0. The van der Waals surface area contributed by atoms with Gasteiger partial charge in [-0.2, -0.15) is 5.26 Å². The number of carbonyl (C=O) groups excluding carboxylic acids is 1. The van der Waals surface area contributed by atoms with Crippen LogP contribution in [0.25, 0.3) is 0 Å². The summed E-state index contributed by atoms with van der Waals surface area (Å²) in [6, 6.07) is 25.2. The van der Waals surface area contributed by atoms with Crippen LogP contribution in [0.2, 0.25) is 0 Å². The van der Waals surface area contributed by atoms with E-state index in [1.165, 1.54) is 0 Å². The van der Waals surface area contributed by atoms with Gasteiger partial charge in [-0.15, -0.1) is 0 Å². The third-order valence-electron chi connectivity index (χ3n) is 3.49. The van der Waals surface area contributed by atoms with Gasteiger partial charge in [-0.05, 0) is 54.1 Å². The second kappa shape index (κ2) is 7.80. The van der Waals surface area contributed by atoms with Gasteiger partial charge >= 0.3 is 5.97 Å². The van der Waals surface area contributed by atoms with Gasteiger partial charge in [-0.1, -0.05) is 30.3 Å². The van der Waals surface area contributed by atoms with Gasteiger partial charge in [0, 0.05) is 0 Å². The quantitative estimate of drug-likeness (QED) is 0.636. The number of ether oxygens (including phenoxy) is 2. The molecule has 3 aromatic rings.